The molecular weight excluding hydrogens is 317 g/mol. The fourth-order valence-electron chi connectivity index (χ4n) is 2.35. The summed E-state index contributed by atoms with van der Waals surface area (Å²) in [4.78, 5) is 14.1. The van der Waals surface area contributed by atoms with Gasteiger partial charge in [-0.15, -0.1) is 0 Å². The number of hydrogen-bond donors (Lipinski definition) is 1. The lowest BCUT2D eigenvalue weighted by molar-refractivity contribution is -0.137. The molecule has 2 aromatic rings. The number of benzene rings is 2. The molecule has 0 fully saturated rings. The van der Waals surface area contributed by atoms with Crippen LogP contribution >= 0.6 is 0 Å². The molecule has 6 heteroatoms. The minimum Gasteiger partial charge on any atom is -0.337 e. The van der Waals surface area contributed by atoms with Gasteiger partial charge in [-0.25, -0.2) is 0 Å². The molecule has 24 heavy (non-hydrogen) atoms. The Balaban J connectivity index is 2.04. The standard InChI is InChI=1S/C18H19F3N2O/c19-18(20,21)16-8-6-14(7-9-16)12-17(24)23(11-10-22)13-15-4-2-1-3-5-15/h1-9H,10-13,22H2. The average Bonchev–Trinajstić information content (AvgIpc) is 2.55. The van der Waals surface area contributed by atoms with E-state index in [1.807, 2.05) is 30.3 Å². The van der Waals surface area contributed by atoms with Gasteiger partial charge in [0.15, 0.2) is 0 Å². The Hall–Kier alpha value is -2.34. The second-order valence-electron chi connectivity index (χ2n) is 5.46. The Labute approximate surface area is 138 Å². The van der Waals surface area contributed by atoms with Gasteiger partial charge in [-0.05, 0) is 23.3 Å². The van der Waals surface area contributed by atoms with Crippen molar-refractivity contribution >= 4 is 5.91 Å². The maximum absolute atomic E-state index is 12.6. The van der Waals surface area contributed by atoms with Crippen molar-refractivity contribution in [2.45, 2.75) is 19.1 Å². The third-order valence-electron chi connectivity index (χ3n) is 3.60. The van der Waals surface area contributed by atoms with Crippen molar-refractivity contribution in [3.8, 4) is 0 Å². The Morgan fingerprint density at radius 3 is 2.12 bits per heavy atom. The first-order valence-electron chi connectivity index (χ1n) is 7.58. The zero-order valence-electron chi connectivity index (χ0n) is 13.1. The van der Waals surface area contributed by atoms with Crippen LogP contribution < -0.4 is 5.73 Å². The molecule has 0 spiro atoms. The number of amides is 1. The van der Waals surface area contributed by atoms with Crippen molar-refractivity contribution in [1.82, 2.24) is 4.90 Å². The van der Waals surface area contributed by atoms with Crippen molar-refractivity contribution in [3.63, 3.8) is 0 Å². The van der Waals surface area contributed by atoms with E-state index in [1.54, 1.807) is 4.90 Å². The van der Waals surface area contributed by atoms with Crippen molar-refractivity contribution < 1.29 is 18.0 Å². The highest BCUT2D eigenvalue weighted by Gasteiger charge is 2.30. The van der Waals surface area contributed by atoms with Crippen LogP contribution in [0, 0.1) is 0 Å². The van der Waals surface area contributed by atoms with Crippen molar-refractivity contribution in [3.05, 3.63) is 71.3 Å². The maximum Gasteiger partial charge on any atom is 0.416 e. The van der Waals surface area contributed by atoms with E-state index >= 15 is 0 Å². The number of nitrogens with zero attached hydrogens (tertiary/aromatic N) is 1. The van der Waals surface area contributed by atoms with E-state index in [2.05, 4.69) is 0 Å². The van der Waals surface area contributed by atoms with Crippen LogP contribution in [-0.2, 0) is 23.9 Å². The van der Waals surface area contributed by atoms with Crippen LogP contribution in [0.5, 0.6) is 0 Å². The molecule has 2 rings (SSSR count). The normalized spacial score (nSPS) is 11.3. The average molecular weight is 336 g/mol. The van der Waals surface area contributed by atoms with Crippen LogP contribution in [0.2, 0.25) is 0 Å². The number of halogens is 3. The summed E-state index contributed by atoms with van der Waals surface area (Å²) < 4.78 is 37.7. The van der Waals surface area contributed by atoms with Crippen molar-refractivity contribution in [1.29, 1.82) is 0 Å². The molecule has 0 heterocycles. The van der Waals surface area contributed by atoms with Crippen molar-refractivity contribution in [2.24, 2.45) is 5.73 Å². The molecule has 0 unspecified atom stereocenters. The molecule has 3 nitrogen and oxygen atoms in total. The first kappa shape index (κ1) is 18.0. The van der Waals surface area contributed by atoms with Gasteiger partial charge in [-0.3, -0.25) is 4.79 Å². The lowest BCUT2D eigenvalue weighted by Gasteiger charge is -2.22. The SMILES string of the molecule is NCCN(Cc1ccccc1)C(=O)Cc1ccc(C(F)(F)F)cc1. The molecule has 0 atom stereocenters. The molecule has 2 aromatic carbocycles. The second-order valence-corrected chi connectivity index (χ2v) is 5.46. The van der Waals surface area contributed by atoms with E-state index in [1.165, 1.54) is 12.1 Å². The van der Waals surface area contributed by atoms with Gasteiger partial charge in [0.25, 0.3) is 0 Å². The third-order valence-corrected chi connectivity index (χ3v) is 3.60. The largest absolute Gasteiger partial charge is 0.416 e. The molecule has 128 valence electrons. The first-order valence-corrected chi connectivity index (χ1v) is 7.58. The summed E-state index contributed by atoms with van der Waals surface area (Å²) in [7, 11) is 0. The summed E-state index contributed by atoms with van der Waals surface area (Å²) in [6.45, 7) is 1.15. The summed E-state index contributed by atoms with van der Waals surface area (Å²) in [5.74, 6) is -0.163. The summed E-state index contributed by atoms with van der Waals surface area (Å²) >= 11 is 0. The highest BCUT2D eigenvalue weighted by atomic mass is 19.4. The maximum atomic E-state index is 12.6. The van der Waals surface area contributed by atoms with Crippen molar-refractivity contribution in [2.75, 3.05) is 13.1 Å². The lowest BCUT2D eigenvalue weighted by Crippen LogP contribution is -2.35. The lowest BCUT2D eigenvalue weighted by atomic mass is 10.1. The van der Waals surface area contributed by atoms with Gasteiger partial charge in [-0.2, -0.15) is 13.2 Å². The summed E-state index contributed by atoms with van der Waals surface area (Å²) in [6.07, 6.45) is -4.33. The molecule has 0 radical (unpaired) electrons. The van der Waals surface area contributed by atoms with Crippen LogP contribution in [0.4, 0.5) is 13.2 Å². The molecular formula is C18H19F3N2O. The van der Waals surface area contributed by atoms with Crippen LogP contribution in [0.3, 0.4) is 0 Å². The molecule has 0 saturated carbocycles. The topological polar surface area (TPSA) is 46.3 Å². The number of hydrogen-bond acceptors (Lipinski definition) is 2. The molecule has 0 bridgehead atoms. The fraction of sp³-hybridized carbons (Fsp3) is 0.278. The quantitative estimate of drug-likeness (QED) is 0.880. The van der Waals surface area contributed by atoms with E-state index in [0.29, 0.717) is 25.2 Å². The van der Waals surface area contributed by atoms with Gasteiger partial charge in [-0.1, -0.05) is 42.5 Å². The van der Waals surface area contributed by atoms with Crippen LogP contribution in [0.25, 0.3) is 0 Å². The zero-order valence-corrected chi connectivity index (χ0v) is 13.1. The van der Waals surface area contributed by atoms with E-state index in [0.717, 1.165) is 17.7 Å². The summed E-state index contributed by atoms with van der Waals surface area (Å²) in [6, 6.07) is 14.1. The summed E-state index contributed by atoms with van der Waals surface area (Å²) in [5.41, 5.74) is 6.37. The van der Waals surface area contributed by atoms with Gasteiger partial charge in [0.05, 0.1) is 12.0 Å². The molecule has 0 aromatic heterocycles. The Morgan fingerprint density at radius 2 is 1.58 bits per heavy atom. The van der Waals surface area contributed by atoms with Crippen LogP contribution in [0.15, 0.2) is 54.6 Å². The van der Waals surface area contributed by atoms with Gasteiger partial charge >= 0.3 is 6.18 Å². The second kappa shape index (κ2) is 7.97. The predicted molar refractivity (Wildman–Crippen MR) is 86.1 cm³/mol. The molecule has 2 N–H and O–H groups in total. The third kappa shape index (κ3) is 5.09. The van der Waals surface area contributed by atoms with Gasteiger partial charge in [0.2, 0.25) is 5.91 Å². The van der Waals surface area contributed by atoms with Gasteiger partial charge in [0.1, 0.15) is 0 Å². The molecule has 0 aliphatic rings. The van der Waals surface area contributed by atoms with E-state index < -0.39 is 11.7 Å². The Morgan fingerprint density at radius 1 is 0.958 bits per heavy atom. The van der Waals surface area contributed by atoms with E-state index in [9.17, 15) is 18.0 Å². The van der Waals surface area contributed by atoms with Crippen LogP contribution in [0.1, 0.15) is 16.7 Å². The highest BCUT2D eigenvalue weighted by molar-refractivity contribution is 5.78. The fourth-order valence-corrected chi connectivity index (χ4v) is 2.35. The molecule has 0 aliphatic carbocycles. The monoisotopic (exact) mass is 336 g/mol. The minimum absolute atomic E-state index is 0.0466. The number of alkyl halides is 3. The number of carbonyl (C=O) groups excluding carboxylic acids is 1. The minimum atomic E-state index is -4.37. The van der Waals surface area contributed by atoms with E-state index in [4.69, 9.17) is 5.73 Å². The highest BCUT2D eigenvalue weighted by Crippen LogP contribution is 2.29. The number of rotatable bonds is 6. The Bertz CT molecular complexity index is 654. The van der Waals surface area contributed by atoms with E-state index in [-0.39, 0.29) is 12.3 Å². The number of nitrogens with two attached hydrogens (primary N) is 1. The molecule has 0 saturated heterocycles. The molecule has 0 aliphatic heterocycles. The summed E-state index contributed by atoms with van der Waals surface area (Å²) in [5, 5.41) is 0. The molecule has 1 amide bonds. The Kier molecular flexibility index (Phi) is 5.98. The first-order chi connectivity index (χ1) is 11.4. The van der Waals surface area contributed by atoms with Gasteiger partial charge < -0.3 is 10.6 Å². The van der Waals surface area contributed by atoms with Crippen LogP contribution in [-0.4, -0.2) is 23.9 Å². The zero-order chi connectivity index (χ0) is 17.6. The smallest absolute Gasteiger partial charge is 0.337 e. The number of carbonyl (C=O) groups is 1. The van der Waals surface area contributed by atoms with Gasteiger partial charge in [0, 0.05) is 19.6 Å². The predicted octanol–water partition coefficient (Wildman–Crippen LogP) is 3.24.